The van der Waals surface area contributed by atoms with Gasteiger partial charge in [0.15, 0.2) is 0 Å². The van der Waals surface area contributed by atoms with Gasteiger partial charge < -0.3 is 4.74 Å². The molecule has 0 aliphatic rings. The minimum Gasteiger partial charge on any atom is -0.379 e. The second-order valence-electron chi connectivity index (χ2n) is 3.87. The smallest absolute Gasteiger partial charge is 0.123 e. The molecule has 1 aromatic rings. The summed E-state index contributed by atoms with van der Waals surface area (Å²) in [6.45, 7) is 2.05. The second-order valence-corrected chi connectivity index (χ2v) is 4.28. The lowest BCUT2D eigenvalue weighted by Gasteiger charge is -2.26. The van der Waals surface area contributed by atoms with E-state index in [2.05, 4.69) is 5.43 Å². The van der Waals surface area contributed by atoms with Gasteiger partial charge in [0, 0.05) is 12.1 Å². The molecule has 0 amide bonds. The van der Waals surface area contributed by atoms with Gasteiger partial charge in [-0.25, -0.2) is 4.39 Å². The van der Waals surface area contributed by atoms with E-state index in [0.29, 0.717) is 10.6 Å². The summed E-state index contributed by atoms with van der Waals surface area (Å²) in [6, 6.07) is 3.91. The molecule has 0 saturated carbocycles. The van der Waals surface area contributed by atoms with Crippen LogP contribution in [0.3, 0.4) is 0 Å². The number of hydrogen-bond donors (Lipinski definition) is 2. The van der Waals surface area contributed by atoms with Gasteiger partial charge in [0.1, 0.15) is 5.82 Å². The van der Waals surface area contributed by atoms with E-state index in [9.17, 15) is 4.39 Å². The first-order valence-electron chi connectivity index (χ1n) is 5.57. The Balaban J connectivity index is 3.02. The molecule has 3 N–H and O–H groups in total. The summed E-state index contributed by atoms with van der Waals surface area (Å²) in [6.07, 6.45) is 1.63. The monoisotopic (exact) mass is 260 g/mol. The van der Waals surface area contributed by atoms with E-state index < -0.39 is 0 Å². The summed E-state index contributed by atoms with van der Waals surface area (Å²) in [4.78, 5) is 0. The van der Waals surface area contributed by atoms with Crippen molar-refractivity contribution in [1.29, 1.82) is 0 Å². The topological polar surface area (TPSA) is 47.3 Å². The lowest BCUT2D eigenvalue weighted by atomic mass is 9.98. The summed E-state index contributed by atoms with van der Waals surface area (Å²) in [7, 11) is 1.61. The van der Waals surface area contributed by atoms with Crippen LogP contribution in [0.5, 0.6) is 0 Å². The molecule has 17 heavy (non-hydrogen) atoms. The Morgan fingerprint density at radius 3 is 2.76 bits per heavy atom. The Bertz CT molecular complexity index is 362. The van der Waals surface area contributed by atoms with Gasteiger partial charge in [0.05, 0.1) is 12.1 Å². The van der Waals surface area contributed by atoms with Crippen LogP contribution in [-0.4, -0.2) is 13.2 Å². The highest BCUT2D eigenvalue weighted by molar-refractivity contribution is 6.31. The SMILES string of the molecule is CCCC(OC)C(NN)c1cc(F)ccc1Cl. The number of methoxy groups -OCH3 is 1. The van der Waals surface area contributed by atoms with Gasteiger partial charge in [-0.15, -0.1) is 0 Å². The summed E-state index contributed by atoms with van der Waals surface area (Å²) >= 11 is 6.05. The van der Waals surface area contributed by atoms with Gasteiger partial charge in [0.25, 0.3) is 0 Å². The number of hydrazine groups is 1. The van der Waals surface area contributed by atoms with E-state index in [0.717, 1.165) is 12.8 Å². The van der Waals surface area contributed by atoms with E-state index in [1.165, 1.54) is 18.2 Å². The quantitative estimate of drug-likeness (QED) is 0.611. The first-order chi connectivity index (χ1) is 8.13. The average Bonchev–Trinajstić information content (AvgIpc) is 2.33. The molecule has 0 aliphatic heterocycles. The fourth-order valence-electron chi connectivity index (χ4n) is 1.86. The molecule has 5 heteroatoms. The van der Waals surface area contributed by atoms with Crippen molar-refractivity contribution >= 4 is 11.6 Å². The minimum absolute atomic E-state index is 0.135. The van der Waals surface area contributed by atoms with Crippen molar-refractivity contribution in [3.8, 4) is 0 Å². The standard InChI is InChI=1S/C12H18ClFN2O/c1-3-4-11(17-2)12(16-15)9-7-8(14)5-6-10(9)13/h5-7,11-12,16H,3-4,15H2,1-2H3. The molecule has 0 saturated heterocycles. The molecule has 2 atom stereocenters. The van der Waals surface area contributed by atoms with Crippen LogP contribution in [0.2, 0.25) is 5.02 Å². The van der Waals surface area contributed by atoms with Gasteiger partial charge >= 0.3 is 0 Å². The number of halogens is 2. The Morgan fingerprint density at radius 1 is 1.53 bits per heavy atom. The van der Waals surface area contributed by atoms with E-state index in [1.54, 1.807) is 7.11 Å². The highest BCUT2D eigenvalue weighted by atomic mass is 35.5. The Morgan fingerprint density at radius 2 is 2.24 bits per heavy atom. The Kier molecular flexibility index (Phi) is 5.85. The van der Waals surface area contributed by atoms with Crippen molar-refractivity contribution in [1.82, 2.24) is 5.43 Å². The van der Waals surface area contributed by atoms with Crippen LogP contribution in [0.4, 0.5) is 4.39 Å². The summed E-state index contributed by atoms with van der Waals surface area (Å²) < 4.78 is 18.6. The molecular weight excluding hydrogens is 243 g/mol. The molecule has 0 aliphatic carbocycles. The largest absolute Gasteiger partial charge is 0.379 e. The van der Waals surface area contributed by atoms with Crippen molar-refractivity contribution < 1.29 is 9.13 Å². The van der Waals surface area contributed by atoms with Crippen molar-refractivity contribution in [2.75, 3.05) is 7.11 Å². The first kappa shape index (κ1) is 14.4. The summed E-state index contributed by atoms with van der Waals surface area (Å²) in [5.41, 5.74) is 3.27. The zero-order valence-electron chi connectivity index (χ0n) is 10.0. The molecular formula is C12H18ClFN2O. The van der Waals surface area contributed by atoms with Crippen LogP contribution in [0, 0.1) is 5.82 Å². The van der Waals surface area contributed by atoms with Crippen molar-refractivity contribution in [2.24, 2.45) is 5.84 Å². The van der Waals surface area contributed by atoms with Gasteiger partial charge in [-0.3, -0.25) is 11.3 Å². The molecule has 3 nitrogen and oxygen atoms in total. The predicted octanol–water partition coefficient (Wildman–Crippen LogP) is 2.80. The van der Waals surface area contributed by atoms with Crippen LogP contribution in [0.25, 0.3) is 0 Å². The van der Waals surface area contributed by atoms with Crippen LogP contribution in [0.1, 0.15) is 31.4 Å². The third-order valence-electron chi connectivity index (χ3n) is 2.72. The van der Waals surface area contributed by atoms with Crippen LogP contribution in [0.15, 0.2) is 18.2 Å². The lowest BCUT2D eigenvalue weighted by Crippen LogP contribution is -2.37. The number of hydrogen-bond acceptors (Lipinski definition) is 3. The molecule has 0 fully saturated rings. The number of ether oxygens (including phenoxy) is 1. The lowest BCUT2D eigenvalue weighted by molar-refractivity contribution is 0.0605. The molecule has 2 unspecified atom stereocenters. The third kappa shape index (κ3) is 3.64. The zero-order chi connectivity index (χ0) is 12.8. The first-order valence-corrected chi connectivity index (χ1v) is 5.95. The van der Waals surface area contributed by atoms with Crippen molar-refractivity contribution in [3.63, 3.8) is 0 Å². The third-order valence-corrected chi connectivity index (χ3v) is 3.06. The maximum Gasteiger partial charge on any atom is 0.123 e. The second kappa shape index (κ2) is 6.91. The van der Waals surface area contributed by atoms with Crippen molar-refractivity contribution in [3.05, 3.63) is 34.6 Å². The van der Waals surface area contributed by atoms with Gasteiger partial charge in [-0.05, 0) is 30.2 Å². The molecule has 0 spiro atoms. The number of nitrogens with one attached hydrogen (secondary N) is 1. The fraction of sp³-hybridized carbons (Fsp3) is 0.500. The van der Waals surface area contributed by atoms with Gasteiger partial charge in [-0.1, -0.05) is 24.9 Å². The van der Waals surface area contributed by atoms with E-state index in [4.69, 9.17) is 22.2 Å². The van der Waals surface area contributed by atoms with E-state index in [-0.39, 0.29) is 18.0 Å². The van der Waals surface area contributed by atoms with Crippen molar-refractivity contribution in [2.45, 2.75) is 31.9 Å². The molecule has 1 rings (SSSR count). The predicted molar refractivity (Wildman–Crippen MR) is 67.2 cm³/mol. The molecule has 0 aromatic heterocycles. The average molecular weight is 261 g/mol. The molecule has 0 heterocycles. The Labute approximate surface area is 106 Å². The number of benzene rings is 1. The maximum absolute atomic E-state index is 13.2. The maximum atomic E-state index is 13.2. The zero-order valence-corrected chi connectivity index (χ0v) is 10.8. The number of rotatable bonds is 6. The van der Waals surface area contributed by atoms with Gasteiger partial charge in [-0.2, -0.15) is 0 Å². The summed E-state index contributed by atoms with van der Waals surface area (Å²) in [5, 5.41) is 0.479. The number of nitrogens with two attached hydrogens (primary N) is 1. The molecule has 96 valence electrons. The van der Waals surface area contributed by atoms with Crippen LogP contribution < -0.4 is 11.3 Å². The van der Waals surface area contributed by atoms with E-state index >= 15 is 0 Å². The van der Waals surface area contributed by atoms with Crippen LogP contribution in [-0.2, 0) is 4.74 Å². The van der Waals surface area contributed by atoms with E-state index in [1.807, 2.05) is 6.92 Å². The fourth-order valence-corrected chi connectivity index (χ4v) is 2.09. The highest BCUT2D eigenvalue weighted by Crippen LogP contribution is 2.28. The minimum atomic E-state index is -0.337. The molecule has 1 aromatic carbocycles. The van der Waals surface area contributed by atoms with Crippen LogP contribution >= 0.6 is 11.6 Å². The summed E-state index contributed by atoms with van der Waals surface area (Å²) in [5.74, 6) is 5.18. The highest BCUT2D eigenvalue weighted by Gasteiger charge is 2.23. The van der Waals surface area contributed by atoms with Gasteiger partial charge in [0.2, 0.25) is 0 Å². The molecule has 0 bridgehead atoms. The Hall–Kier alpha value is -0.680. The molecule has 0 radical (unpaired) electrons. The normalized spacial score (nSPS) is 14.6.